The third-order valence-electron chi connectivity index (χ3n) is 5.49. The molecule has 1 unspecified atom stereocenters. The second-order valence-corrected chi connectivity index (χ2v) is 7.80. The smallest absolute Gasteiger partial charge is 0.263 e. The molecule has 1 saturated heterocycles. The highest BCUT2D eigenvalue weighted by molar-refractivity contribution is 6.05. The van der Waals surface area contributed by atoms with Gasteiger partial charge in [0.2, 0.25) is 0 Å². The van der Waals surface area contributed by atoms with Crippen molar-refractivity contribution < 1.29 is 4.79 Å². The average molecular weight is 418 g/mol. The van der Waals surface area contributed by atoms with Crippen LogP contribution in [0, 0.1) is 12.8 Å². The van der Waals surface area contributed by atoms with Gasteiger partial charge in [0.25, 0.3) is 11.5 Å². The fraction of sp³-hybridized carbons (Fsp3) is 0.478. The van der Waals surface area contributed by atoms with Gasteiger partial charge in [0, 0.05) is 18.4 Å². The van der Waals surface area contributed by atoms with Crippen LogP contribution in [-0.2, 0) is 13.0 Å². The number of amides is 1. The molecule has 0 saturated carbocycles. The quantitative estimate of drug-likeness (QED) is 0.710. The second-order valence-electron chi connectivity index (χ2n) is 7.80. The Labute approximate surface area is 179 Å². The molecule has 5 nitrogen and oxygen atoms in total. The number of aryl methyl sites for hydroxylation is 2. The van der Waals surface area contributed by atoms with Gasteiger partial charge in [-0.15, -0.1) is 12.4 Å². The molecule has 0 bridgehead atoms. The molecule has 158 valence electrons. The molecule has 1 aliphatic heterocycles. The summed E-state index contributed by atoms with van der Waals surface area (Å²) in [6.07, 6.45) is 7.42. The average Bonchev–Trinajstić information content (AvgIpc) is 2.70. The van der Waals surface area contributed by atoms with Crippen LogP contribution in [0.15, 0.2) is 41.3 Å². The van der Waals surface area contributed by atoms with Gasteiger partial charge in [-0.2, -0.15) is 0 Å². The van der Waals surface area contributed by atoms with Gasteiger partial charge in [0.1, 0.15) is 5.56 Å². The van der Waals surface area contributed by atoms with Gasteiger partial charge < -0.3 is 15.2 Å². The summed E-state index contributed by atoms with van der Waals surface area (Å²) in [5.74, 6) is 0.0978. The molecular weight excluding hydrogens is 386 g/mol. The summed E-state index contributed by atoms with van der Waals surface area (Å²) in [5.41, 5.74) is 2.72. The van der Waals surface area contributed by atoms with Crippen molar-refractivity contribution in [2.24, 2.45) is 5.92 Å². The van der Waals surface area contributed by atoms with Gasteiger partial charge >= 0.3 is 0 Å². The van der Waals surface area contributed by atoms with E-state index in [1.54, 1.807) is 4.57 Å². The predicted molar refractivity (Wildman–Crippen MR) is 121 cm³/mol. The fourth-order valence-corrected chi connectivity index (χ4v) is 3.77. The first-order valence-electron chi connectivity index (χ1n) is 10.4. The number of pyridine rings is 1. The topological polar surface area (TPSA) is 63.1 Å². The Hall–Kier alpha value is -2.11. The zero-order valence-electron chi connectivity index (χ0n) is 17.4. The number of carbonyl (C=O) groups is 1. The standard InChI is InChI=1S/C23H31N3O2.ClH/c1-3-4-6-18-8-10-20(11-9-18)25-22(27)21-17(2)12-14-26(23(21)28)16-19-7-5-13-24-15-19;/h8-12,14,19,24H,3-7,13,15-16H2,1-2H3,(H,25,27);1H. The first-order valence-corrected chi connectivity index (χ1v) is 10.4. The van der Waals surface area contributed by atoms with E-state index in [-0.39, 0.29) is 29.4 Å². The maximum Gasteiger partial charge on any atom is 0.263 e. The normalized spacial score (nSPS) is 16.1. The number of hydrogen-bond acceptors (Lipinski definition) is 3. The maximum atomic E-state index is 12.9. The van der Waals surface area contributed by atoms with E-state index in [1.807, 2.05) is 43.5 Å². The van der Waals surface area contributed by atoms with Gasteiger partial charge in [0.05, 0.1) is 0 Å². The van der Waals surface area contributed by atoms with E-state index in [0.29, 0.717) is 18.0 Å². The number of benzene rings is 1. The van der Waals surface area contributed by atoms with Gasteiger partial charge in [-0.3, -0.25) is 9.59 Å². The number of aromatic nitrogens is 1. The van der Waals surface area contributed by atoms with Gasteiger partial charge in [0.15, 0.2) is 0 Å². The van der Waals surface area contributed by atoms with Crippen LogP contribution in [0.5, 0.6) is 0 Å². The summed E-state index contributed by atoms with van der Waals surface area (Å²) in [6.45, 7) is 6.61. The molecule has 0 radical (unpaired) electrons. The minimum absolute atomic E-state index is 0. The van der Waals surface area contributed by atoms with Crippen molar-refractivity contribution in [2.45, 2.75) is 52.5 Å². The maximum absolute atomic E-state index is 12.9. The van der Waals surface area contributed by atoms with Crippen LogP contribution in [0.25, 0.3) is 0 Å². The summed E-state index contributed by atoms with van der Waals surface area (Å²) in [4.78, 5) is 25.8. The predicted octanol–water partition coefficient (Wildman–Crippen LogP) is 4.17. The van der Waals surface area contributed by atoms with Crippen LogP contribution >= 0.6 is 12.4 Å². The molecule has 1 aliphatic rings. The van der Waals surface area contributed by atoms with E-state index in [0.717, 1.165) is 50.9 Å². The summed E-state index contributed by atoms with van der Waals surface area (Å²) in [5, 5.41) is 6.27. The van der Waals surface area contributed by atoms with Crippen LogP contribution in [0.1, 0.15) is 54.1 Å². The molecule has 2 heterocycles. The summed E-state index contributed by atoms with van der Waals surface area (Å²) < 4.78 is 1.69. The Kier molecular flexibility index (Phi) is 8.93. The Balaban J connectivity index is 0.00000300. The van der Waals surface area contributed by atoms with Crippen LogP contribution in [0.2, 0.25) is 0 Å². The third kappa shape index (κ3) is 6.18. The lowest BCUT2D eigenvalue weighted by Gasteiger charge is -2.23. The number of piperidine rings is 1. The lowest BCUT2D eigenvalue weighted by molar-refractivity contribution is 0.102. The van der Waals surface area contributed by atoms with Crippen LogP contribution in [-0.4, -0.2) is 23.6 Å². The van der Waals surface area contributed by atoms with E-state index >= 15 is 0 Å². The Morgan fingerprint density at radius 2 is 2.00 bits per heavy atom. The number of rotatable bonds is 7. The Morgan fingerprint density at radius 3 is 2.66 bits per heavy atom. The molecule has 6 heteroatoms. The molecule has 0 aliphatic carbocycles. The minimum Gasteiger partial charge on any atom is -0.322 e. The number of hydrogen-bond donors (Lipinski definition) is 2. The summed E-state index contributed by atoms with van der Waals surface area (Å²) in [6, 6.07) is 9.76. The first-order chi connectivity index (χ1) is 13.6. The van der Waals surface area contributed by atoms with E-state index in [1.165, 1.54) is 5.56 Å². The van der Waals surface area contributed by atoms with E-state index in [2.05, 4.69) is 17.6 Å². The van der Waals surface area contributed by atoms with Gasteiger partial charge in [-0.05, 0) is 80.9 Å². The number of unbranched alkanes of at least 4 members (excludes halogenated alkanes) is 1. The van der Waals surface area contributed by atoms with Crippen molar-refractivity contribution in [1.29, 1.82) is 0 Å². The van der Waals surface area contributed by atoms with Crippen molar-refractivity contribution in [3.8, 4) is 0 Å². The van der Waals surface area contributed by atoms with Crippen LogP contribution < -0.4 is 16.2 Å². The van der Waals surface area contributed by atoms with E-state index in [4.69, 9.17) is 0 Å². The highest BCUT2D eigenvalue weighted by atomic mass is 35.5. The van der Waals surface area contributed by atoms with Crippen LogP contribution in [0.3, 0.4) is 0 Å². The van der Waals surface area contributed by atoms with Crippen LogP contribution in [0.4, 0.5) is 5.69 Å². The lowest BCUT2D eigenvalue weighted by Crippen LogP contribution is -2.36. The van der Waals surface area contributed by atoms with Gasteiger partial charge in [-0.1, -0.05) is 25.5 Å². The van der Waals surface area contributed by atoms with Crippen molar-refractivity contribution >= 4 is 24.0 Å². The van der Waals surface area contributed by atoms with Crippen molar-refractivity contribution in [1.82, 2.24) is 9.88 Å². The SMILES string of the molecule is CCCCc1ccc(NC(=O)c2c(C)ccn(CC3CCCNC3)c2=O)cc1.Cl. The monoisotopic (exact) mass is 417 g/mol. The van der Waals surface area contributed by atoms with E-state index < -0.39 is 0 Å². The molecule has 2 aromatic rings. The number of nitrogens with zero attached hydrogens (tertiary/aromatic N) is 1. The minimum atomic E-state index is -0.333. The highest BCUT2D eigenvalue weighted by Gasteiger charge is 2.19. The number of nitrogens with one attached hydrogen (secondary N) is 2. The van der Waals surface area contributed by atoms with E-state index in [9.17, 15) is 9.59 Å². The molecule has 1 atom stereocenters. The lowest BCUT2D eigenvalue weighted by atomic mass is 9.99. The highest BCUT2D eigenvalue weighted by Crippen LogP contribution is 2.15. The molecule has 1 amide bonds. The fourth-order valence-electron chi connectivity index (χ4n) is 3.77. The number of halogens is 1. The molecule has 1 fully saturated rings. The molecule has 0 spiro atoms. The van der Waals surface area contributed by atoms with Crippen molar-refractivity contribution in [2.75, 3.05) is 18.4 Å². The third-order valence-corrected chi connectivity index (χ3v) is 5.49. The van der Waals surface area contributed by atoms with Crippen molar-refractivity contribution in [3.63, 3.8) is 0 Å². The Bertz CT molecular complexity index is 855. The van der Waals surface area contributed by atoms with Crippen molar-refractivity contribution in [3.05, 3.63) is 63.6 Å². The van der Waals surface area contributed by atoms with Gasteiger partial charge in [-0.25, -0.2) is 0 Å². The number of carbonyl (C=O) groups excluding carboxylic acids is 1. The molecule has 29 heavy (non-hydrogen) atoms. The molecular formula is C23H32ClN3O2. The zero-order valence-corrected chi connectivity index (χ0v) is 18.2. The first kappa shape index (κ1) is 23.2. The molecule has 2 N–H and O–H groups in total. The zero-order chi connectivity index (χ0) is 19.9. The molecule has 3 rings (SSSR count). The summed E-state index contributed by atoms with van der Waals surface area (Å²) in [7, 11) is 0. The molecule has 1 aromatic carbocycles. The second kappa shape index (κ2) is 11.2. The summed E-state index contributed by atoms with van der Waals surface area (Å²) >= 11 is 0. The Morgan fingerprint density at radius 1 is 1.24 bits per heavy atom. The molecule has 1 aromatic heterocycles. The number of anilines is 1. The largest absolute Gasteiger partial charge is 0.322 e.